The van der Waals surface area contributed by atoms with Crippen LogP contribution in [0.1, 0.15) is 39.1 Å². The van der Waals surface area contributed by atoms with Crippen LogP contribution in [-0.2, 0) is 4.79 Å². The van der Waals surface area contributed by atoms with E-state index in [1.165, 1.54) is 7.11 Å². The Kier molecular flexibility index (Phi) is 8.24. The Balaban J connectivity index is 1.70. The minimum atomic E-state index is -0.709. The maximum absolute atomic E-state index is 12.9. The number of ether oxygens (including phenoxy) is 1. The quantitative estimate of drug-likeness (QED) is 0.607. The molecule has 0 saturated carbocycles. The van der Waals surface area contributed by atoms with Gasteiger partial charge in [-0.3, -0.25) is 14.4 Å². The molecule has 0 spiro atoms. The van der Waals surface area contributed by atoms with Crippen LogP contribution in [-0.4, -0.2) is 55.4 Å². The van der Waals surface area contributed by atoms with Gasteiger partial charge in [0.15, 0.2) is 0 Å². The van der Waals surface area contributed by atoms with Crippen LogP contribution in [0.25, 0.3) is 0 Å². The summed E-state index contributed by atoms with van der Waals surface area (Å²) in [7, 11) is 1.54. The van der Waals surface area contributed by atoms with E-state index < -0.39 is 6.04 Å². The summed E-state index contributed by atoms with van der Waals surface area (Å²) >= 11 is 0. The molecule has 3 rings (SSSR count). The van der Waals surface area contributed by atoms with Crippen LogP contribution < -0.4 is 15.4 Å². The molecule has 174 valence electrons. The number of piperidine rings is 1. The molecule has 1 aliphatic heterocycles. The van der Waals surface area contributed by atoms with Crippen LogP contribution >= 0.6 is 0 Å². The third kappa shape index (κ3) is 6.00. The van der Waals surface area contributed by atoms with E-state index in [4.69, 9.17) is 4.74 Å². The van der Waals surface area contributed by atoms with Crippen molar-refractivity contribution in [1.29, 1.82) is 0 Å². The molecule has 7 heteroatoms. The molecule has 2 N–H and O–H groups in total. The Bertz CT molecular complexity index is 1010. The molecule has 3 amide bonds. The SMILES string of the molecule is C=CCNC(=O)[C@H](NC(=O)c1cccc(OC)c1)C1CCN(C(=O)c2ccccc2C)CC1. The first-order valence-corrected chi connectivity index (χ1v) is 11.1. The molecule has 0 aromatic heterocycles. The van der Waals surface area contributed by atoms with E-state index in [1.807, 2.05) is 36.1 Å². The molecule has 0 radical (unpaired) electrons. The molecule has 1 aliphatic rings. The third-order valence-corrected chi connectivity index (χ3v) is 6.00. The molecular formula is C26H31N3O4. The molecule has 33 heavy (non-hydrogen) atoms. The van der Waals surface area contributed by atoms with Gasteiger partial charge in [-0.05, 0) is 55.5 Å². The fourth-order valence-electron chi connectivity index (χ4n) is 4.09. The second-order valence-electron chi connectivity index (χ2n) is 8.16. The smallest absolute Gasteiger partial charge is 0.254 e. The van der Waals surface area contributed by atoms with Gasteiger partial charge in [0.2, 0.25) is 5.91 Å². The molecule has 0 unspecified atom stereocenters. The number of carbonyl (C=O) groups excluding carboxylic acids is 3. The molecule has 1 fully saturated rings. The molecule has 1 heterocycles. The highest BCUT2D eigenvalue weighted by Gasteiger charge is 2.34. The number of hydrogen-bond acceptors (Lipinski definition) is 4. The number of amides is 3. The Hall–Kier alpha value is -3.61. The normalized spacial score (nSPS) is 14.8. The molecule has 2 aromatic rings. The van der Waals surface area contributed by atoms with Crippen molar-refractivity contribution in [1.82, 2.24) is 15.5 Å². The van der Waals surface area contributed by atoms with Crippen molar-refractivity contribution in [2.75, 3.05) is 26.7 Å². The number of nitrogens with zero attached hydrogens (tertiary/aromatic N) is 1. The highest BCUT2D eigenvalue weighted by atomic mass is 16.5. The largest absolute Gasteiger partial charge is 0.497 e. The number of aryl methyl sites for hydroxylation is 1. The Labute approximate surface area is 194 Å². The standard InChI is InChI=1S/C26H31N3O4/c1-4-14-27-25(31)23(28-24(30)20-9-7-10-21(17-20)33-3)19-12-15-29(16-13-19)26(32)22-11-6-5-8-18(22)2/h4-11,17,19,23H,1,12-16H2,2-3H3,(H,27,31)(H,28,30)/t23-/m1/s1. The van der Waals surface area contributed by atoms with Crippen molar-refractivity contribution < 1.29 is 19.1 Å². The van der Waals surface area contributed by atoms with Gasteiger partial charge in [0.1, 0.15) is 11.8 Å². The topological polar surface area (TPSA) is 87.7 Å². The summed E-state index contributed by atoms with van der Waals surface area (Å²) < 4.78 is 5.20. The number of hydrogen-bond donors (Lipinski definition) is 2. The zero-order valence-corrected chi connectivity index (χ0v) is 19.2. The molecule has 1 saturated heterocycles. The second-order valence-corrected chi connectivity index (χ2v) is 8.16. The van der Waals surface area contributed by atoms with E-state index in [0.717, 1.165) is 5.56 Å². The van der Waals surface area contributed by atoms with Crippen molar-refractivity contribution in [3.63, 3.8) is 0 Å². The second kappa shape index (κ2) is 11.3. The number of likely N-dealkylation sites (tertiary alicyclic amines) is 1. The minimum absolute atomic E-state index is 0.000347. The number of benzene rings is 2. The van der Waals surface area contributed by atoms with Gasteiger partial charge in [-0.2, -0.15) is 0 Å². The van der Waals surface area contributed by atoms with Crippen LogP contribution in [0.3, 0.4) is 0 Å². The highest BCUT2D eigenvalue weighted by molar-refractivity contribution is 5.98. The number of rotatable bonds is 8. The van der Waals surface area contributed by atoms with Crippen molar-refractivity contribution in [2.45, 2.75) is 25.8 Å². The first-order chi connectivity index (χ1) is 15.9. The van der Waals surface area contributed by atoms with E-state index in [0.29, 0.717) is 49.4 Å². The van der Waals surface area contributed by atoms with Crippen LogP contribution in [0.5, 0.6) is 5.75 Å². The van der Waals surface area contributed by atoms with Crippen LogP contribution in [0.2, 0.25) is 0 Å². The lowest BCUT2D eigenvalue weighted by Gasteiger charge is -2.36. The lowest BCUT2D eigenvalue weighted by atomic mass is 9.88. The molecule has 1 atom stereocenters. The van der Waals surface area contributed by atoms with Gasteiger partial charge in [0.05, 0.1) is 7.11 Å². The third-order valence-electron chi connectivity index (χ3n) is 6.00. The molecule has 0 bridgehead atoms. The lowest BCUT2D eigenvalue weighted by Crippen LogP contribution is -2.53. The fraction of sp³-hybridized carbons (Fsp3) is 0.346. The summed E-state index contributed by atoms with van der Waals surface area (Å²) in [5, 5.41) is 5.70. The Morgan fingerprint density at radius 2 is 1.88 bits per heavy atom. The van der Waals surface area contributed by atoms with E-state index in [-0.39, 0.29) is 23.6 Å². The average Bonchev–Trinajstić information content (AvgIpc) is 2.85. The molecule has 7 nitrogen and oxygen atoms in total. The van der Waals surface area contributed by atoms with Crippen LogP contribution in [0.15, 0.2) is 61.2 Å². The zero-order chi connectivity index (χ0) is 23.8. The van der Waals surface area contributed by atoms with Gasteiger partial charge in [0.25, 0.3) is 11.8 Å². The lowest BCUT2D eigenvalue weighted by molar-refractivity contribution is -0.124. The summed E-state index contributed by atoms with van der Waals surface area (Å²) in [6.07, 6.45) is 2.83. The predicted octanol–water partition coefficient (Wildman–Crippen LogP) is 2.96. The summed E-state index contributed by atoms with van der Waals surface area (Å²) in [6.45, 7) is 6.93. The van der Waals surface area contributed by atoms with Gasteiger partial charge in [-0.1, -0.05) is 30.3 Å². The van der Waals surface area contributed by atoms with Gasteiger partial charge >= 0.3 is 0 Å². The van der Waals surface area contributed by atoms with E-state index in [1.54, 1.807) is 30.3 Å². The summed E-state index contributed by atoms with van der Waals surface area (Å²) in [6, 6.07) is 13.6. The molecule has 2 aromatic carbocycles. The first-order valence-electron chi connectivity index (χ1n) is 11.1. The first kappa shape index (κ1) is 24.0. The highest BCUT2D eigenvalue weighted by Crippen LogP contribution is 2.24. The van der Waals surface area contributed by atoms with E-state index in [2.05, 4.69) is 17.2 Å². The zero-order valence-electron chi connectivity index (χ0n) is 19.2. The summed E-state index contributed by atoms with van der Waals surface area (Å²) in [5.74, 6) is -0.121. The maximum Gasteiger partial charge on any atom is 0.254 e. The van der Waals surface area contributed by atoms with Crippen molar-refractivity contribution in [3.05, 3.63) is 77.9 Å². The summed E-state index contributed by atoms with van der Waals surface area (Å²) in [4.78, 5) is 40.6. The maximum atomic E-state index is 12.9. The van der Waals surface area contributed by atoms with E-state index in [9.17, 15) is 14.4 Å². The minimum Gasteiger partial charge on any atom is -0.497 e. The number of nitrogens with one attached hydrogen (secondary N) is 2. The molecule has 0 aliphatic carbocycles. The van der Waals surface area contributed by atoms with Gasteiger partial charge < -0.3 is 20.3 Å². The van der Waals surface area contributed by atoms with E-state index >= 15 is 0 Å². The van der Waals surface area contributed by atoms with Crippen LogP contribution in [0, 0.1) is 12.8 Å². The predicted molar refractivity (Wildman–Crippen MR) is 127 cm³/mol. The number of carbonyl (C=O) groups is 3. The average molecular weight is 450 g/mol. The number of methoxy groups -OCH3 is 1. The van der Waals surface area contributed by atoms with Crippen molar-refractivity contribution >= 4 is 17.7 Å². The monoisotopic (exact) mass is 449 g/mol. The van der Waals surface area contributed by atoms with Gasteiger partial charge in [0, 0.05) is 30.8 Å². The van der Waals surface area contributed by atoms with Crippen LogP contribution in [0.4, 0.5) is 0 Å². The van der Waals surface area contributed by atoms with Crippen molar-refractivity contribution in [2.24, 2.45) is 5.92 Å². The van der Waals surface area contributed by atoms with Gasteiger partial charge in [-0.15, -0.1) is 6.58 Å². The fourth-order valence-corrected chi connectivity index (χ4v) is 4.09. The Morgan fingerprint density at radius 3 is 2.55 bits per heavy atom. The van der Waals surface area contributed by atoms with Crippen molar-refractivity contribution in [3.8, 4) is 5.75 Å². The molecular weight excluding hydrogens is 418 g/mol. The Morgan fingerprint density at radius 1 is 1.15 bits per heavy atom. The van der Waals surface area contributed by atoms with Gasteiger partial charge in [-0.25, -0.2) is 0 Å². The summed E-state index contributed by atoms with van der Waals surface area (Å²) in [5.41, 5.74) is 2.06.